The van der Waals surface area contributed by atoms with Crippen LogP contribution in [0.2, 0.25) is 0 Å². The lowest BCUT2D eigenvalue weighted by Crippen LogP contribution is -2.71. The van der Waals surface area contributed by atoms with Crippen LogP contribution in [0.15, 0.2) is 97.1 Å². The molecule has 0 aliphatic heterocycles. The van der Waals surface area contributed by atoms with Gasteiger partial charge in [0.25, 0.3) is 0 Å². The molecule has 6 heteroatoms. The van der Waals surface area contributed by atoms with E-state index in [9.17, 15) is 19.8 Å². The van der Waals surface area contributed by atoms with E-state index in [1.54, 1.807) is 36.4 Å². The Morgan fingerprint density at radius 2 is 0.846 bits per heavy atom. The van der Waals surface area contributed by atoms with E-state index in [1.165, 1.54) is 57.8 Å². The standard InChI is InChI=1S/C46H46O6/c47-42(48)34-9-1-5-13-38(34)51-40-15-7-3-11-36(40)46(37-12-4-8-16-41(37)52-39-14-6-2-10-35(39)43(49)50)33-21-31-20-32(22-33)27-45(46,26-31)44-23-28-17-29(24-44)19-30(18-28)25-44/h1-16,28-33H,17-27H2,(H,47,48)(H,49,50). The van der Waals surface area contributed by atoms with Crippen LogP contribution in [-0.2, 0) is 5.41 Å². The van der Waals surface area contributed by atoms with Crippen LogP contribution >= 0.6 is 0 Å². The largest absolute Gasteiger partial charge is 0.478 e. The molecular formula is C46H46O6. The van der Waals surface area contributed by atoms with Crippen molar-refractivity contribution >= 4 is 11.9 Å². The highest BCUT2D eigenvalue weighted by atomic mass is 16.5. The molecule has 8 bridgehead atoms. The minimum Gasteiger partial charge on any atom is -0.478 e. The Balaban J connectivity index is 1.25. The zero-order chi connectivity index (χ0) is 35.2. The van der Waals surface area contributed by atoms with Crippen LogP contribution in [0.5, 0.6) is 23.0 Å². The quantitative estimate of drug-likeness (QED) is 0.181. The summed E-state index contributed by atoms with van der Waals surface area (Å²) in [5.74, 6) is 4.07. The van der Waals surface area contributed by atoms with Crippen molar-refractivity contribution in [1.82, 2.24) is 0 Å². The minimum atomic E-state index is -1.02. The normalized spacial score (nSPS) is 33.2. The Hall–Kier alpha value is -4.58. The average Bonchev–Trinajstić information content (AvgIpc) is 3.12. The van der Waals surface area contributed by atoms with Crippen LogP contribution in [0.4, 0.5) is 0 Å². The fourth-order valence-electron chi connectivity index (χ4n) is 14.1. The predicted molar refractivity (Wildman–Crippen MR) is 197 cm³/mol. The summed E-state index contributed by atoms with van der Waals surface area (Å²) in [5, 5.41) is 20.4. The van der Waals surface area contributed by atoms with Gasteiger partial charge in [0.1, 0.15) is 34.1 Å². The molecule has 12 rings (SSSR count). The SMILES string of the molecule is O=C(O)c1ccccc1Oc1ccccc1C1(c2ccccc2Oc2ccccc2C(=O)O)C2CC3CC(C2)CC1(C12CC4CC(CC(C4)C1)C2)C3. The third-order valence-corrected chi connectivity index (χ3v) is 14.9. The molecule has 2 N–H and O–H groups in total. The zero-order valence-corrected chi connectivity index (χ0v) is 29.5. The molecule has 0 radical (unpaired) electrons. The predicted octanol–water partition coefficient (Wildman–Crippen LogP) is 11.0. The van der Waals surface area contributed by atoms with E-state index in [2.05, 4.69) is 24.3 Å². The molecule has 0 saturated heterocycles. The summed E-state index contributed by atoms with van der Waals surface area (Å²) < 4.78 is 13.8. The van der Waals surface area contributed by atoms with Crippen molar-refractivity contribution in [1.29, 1.82) is 0 Å². The van der Waals surface area contributed by atoms with E-state index in [0.717, 1.165) is 41.7 Å². The third kappa shape index (κ3) is 4.55. The van der Waals surface area contributed by atoms with Gasteiger partial charge in [-0.1, -0.05) is 60.7 Å². The molecule has 8 fully saturated rings. The summed E-state index contributed by atoms with van der Waals surface area (Å²) in [6, 6.07) is 30.8. The number of ether oxygens (including phenoxy) is 2. The molecule has 4 aromatic rings. The van der Waals surface area contributed by atoms with E-state index >= 15 is 0 Å². The van der Waals surface area contributed by atoms with Gasteiger partial charge in [-0.05, 0) is 153 Å². The Morgan fingerprint density at radius 1 is 0.481 bits per heavy atom. The zero-order valence-electron chi connectivity index (χ0n) is 29.5. The first kappa shape index (κ1) is 32.1. The Kier molecular flexibility index (Phi) is 7.23. The Morgan fingerprint density at radius 3 is 1.27 bits per heavy atom. The number of benzene rings is 4. The van der Waals surface area contributed by atoms with Gasteiger partial charge in [-0.3, -0.25) is 0 Å². The van der Waals surface area contributed by atoms with E-state index < -0.39 is 17.4 Å². The fraction of sp³-hybridized carbons (Fsp3) is 0.435. The lowest BCUT2D eigenvalue weighted by Gasteiger charge is -2.77. The van der Waals surface area contributed by atoms with Gasteiger partial charge in [-0.15, -0.1) is 0 Å². The highest BCUT2D eigenvalue weighted by Crippen LogP contribution is 2.82. The van der Waals surface area contributed by atoms with Crippen molar-refractivity contribution in [3.8, 4) is 23.0 Å². The summed E-state index contributed by atoms with van der Waals surface area (Å²) >= 11 is 0. The van der Waals surface area contributed by atoms with E-state index in [4.69, 9.17) is 9.47 Å². The fourth-order valence-corrected chi connectivity index (χ4v) is 14.1. The van der Waals surface area contributed by atoms with Gasteiger partial charge < -0.3 is 19.7 Å². The van der Waals surface area contributed by atoms with Crippen molar-refractivity contribution in [3.05, 3.63) is 119 Å². The molecule has 8 aliphatic carbocycles. The summed E-state index contributed by atoms with van der Waals surface area (Å²) in [7, 11) is 0. The van der Waals surface area contributed by atoms with Crippen LogP contribution in [0.3, 0.4) is 0 Å². The van der Waals surface area contributed by atoms with Gasteiger partial charge in [-0.2, -0.15) is 0 Å². The highest BCUT2D eigenvalue weighted by Gasteiger charge is 2.75. The van der Waals surface area contributed by atoms with Gasteiger partial charge >= 0.3 is 11.9 Å². The van der Waals surface area contributed by atoms with Gasteiger partial charge in [0.2, 0.25) is 0 Å². The minimum absolute atomic E-state index is 0.0671. The number of rotatable bonds is 9. The molecule has 2 unspecified atom stereocenters. The number of carboxylic acids is 2. The van der Waals surface area contributed by atoms with Crippen LogP contribution in [0.25, 0.3) is 0 Å². The van der Waals surface area contributed by atoms with E-state index in [1.807, 2.05) is 36.4 Å². The Bertz CT molecular complexity index is 1930. The smallest absolute Gasteiger partial charge is 0.339 e. The molecule has 4 aromatic carbocycles. The first-order valence-electron chi connectivity index (χ1n) is 19.5. The summed E-state index contributed by atoms with van der Waals surface area (Å²) in [5.41, 5.74) is 2.13. The third-order valence-electron chi connectivity index (χ3n) is 14.9. The molecule has 0 spiro atoms. The maximum absolute atomic E-state index is 12.4. The first-order valence-corrected chi connectivity index (χ1v) is 19.5. The van der Waals surface area contributed by atoms with Crippen LogP contribution in [0.1, 0.15) is 102 Å². The molecule has 0 amide bonds. The molecule has 0 heterocycles. The second-order valence-corrected chi connectivity index (χ2v) is 17.4. The van der Waals surface area contributed by atoms with E-state index in [0.29, 0.717) is 40.8 Å². The van der Waals surface area contributed by atoms with Gasteiger partial charge in [0, 0.05) is 16.5 Å². The van der Waals surface area contributed by atoms with E-state index in [-0.39, 0.29) is 22.0 Å². The van der Waals surface area contributed by atoms with Crippen molar-refractivity contribution in [2.24, 2.45) is 46.3 Å². The van der Waals surface area contributed by atoms with Crippen molar-refractivity contribution < 1.29 is 29.3 Å². The molecule has 8 saturated carbocycles. The summed E-state index contributed by atoms with van der Waals surface area (Å²) in [6.45, 7) is 0. The van der Waals surface area contributed by atoms with Crippen LogP contribution in [-0.4, -0.2) is 22.2 Å². The van der Waals surface area contributed by atoms with Gasteiger partial charge in [0.15, 0.2) is 0 Å². The number of para-hydroxylation sites is 4. The molecule has 6 nitrogen and oxygen atoms in total. The number of carboxylic acid groups (broad SMARTS) is 2. The topological polar surface area (TPSA) is 93.1 Å². The monoisotopic (exact) mass is 694 g/mol. The lowest BCUT2D eigenvalue weighted by atomic mass is 9.27. The van der Waals surface area contributed by atoms with Crippen molar-refractivity contribution in [2.75, 3.05) is 0 Å². The number of carbonyl (C=O) groups is 2. The van der Waals surface area contributed by atoms with Crippen LogP contribution < -0.4 is 9.47 Å². The Labute approximate surface area is 305 Å². The first-order chi connectivity index (χ1) is 25.3. The average molecular weight is 695 g/mol. The molecule has 0 aromatic heterocycles. The molecule has 2 atom stereocenters. The summed E-state index contributed by atoms with van der Waals surface area (Å²) in [4.78, 5) is 24.9. The molecular weight excluding hydrogens is 648 g/mol. The number of aromatic carboxylic acids is 2. The number of hydrogen-bond donors (Lipinski definition) is 2. The molecule has 8 aliphatic rings. The van der Waals surface area contributed by atoms with Crippen molar-refractivity contribution in [3.63, 3.8) is 0 Å². The second kappa shape index (κ2) is 11.7. The lowest BCUT2D eigenvalue weighted by molar-refractivity contribution is -0.234. The highest BCUT2D eigenvalue weighted by molar-refractivity contribution is 5.91. The van der Waals surface area contributed by atoms with Gasteiger partial charge in [0.05, 0.1) is 0 Å². The molecule has 52 heavy (non-hydrogen) atoms. The van der Waals surface area contributed by atoms with Gasteiger partial charge in [-0.25, -0.2) is 9.59 Å². The maximum atomic E-state index is 12.4. The van der Waals surface area contributed by atoms with Crippen molar-refractivity contribution in [2.45, 2.75) is 76.0 Å². The molecule has 266 valence electrons. The maximum Gasteiger partial charge on any atom is 0.339 e. The van der Waals surface area contributed by atoms with Crippen LogP contribution in [0, 0.1) is 46.3 Å². The second-order valence-electron chi connectivity index (χ2n) is 17.4. The number of hydrogen-bond acceptors (Lipinski definition) is 4. The summed E-state index contributed by atoms with van der Waals surface area (Å²) in [6.07, 6.45) is 13.9.